The number of alkyl halides is 1. The van der Waals surface area contributed by atoms with Crippen molar-refractivity contribution < 1.29 is 24.2 Å². The van der Waals surface area contributed by atoms with Crippen molar-refractivity contribution in [3.63, 3.8) is 0 Å². The molecule has 0 aromatic carbocycles. The van der Waals surface area contributed by atoms with Gasteiger partial charge in [-0.05, 0) is 0 Å². The zero-order chi connectivity index (χ0) is 15.9. The van der Waals surface area contributed by atoms with E-state index in [4.69, 9.17) is 11.6 Å². The van der Waals surface area contributed by atoms with E-state index < -0.39 is 35.0 Å². The third-order valence-corrected chi connectivity index (χ3v) is 3.61. The topological polar surface area (TPSA) is 119 Å². The number of β-amino-alcohol motifs (C(OH)–C–C–N with tert-alkyl or cyclic N) is 1. The van der Waals surface area contributed by atoms with Crippen LogP contribution in [-0.2, 0) is 4.79 Å². The monoisotopic (exact) mass is 318 g/mol. The molecule has 11 heteroatoms. The highest BCUT2D eigenvalue weighted by Crippen LogP contribution is 2.19. The van der Waals surface area contributed by atoms with Crippen LogP contribution in [0, 0.1) is 10.1 Å². The van der Waals surface area contributed by atoms with Crippen LogP contribution in [0.5, 0.6) is 0 Å². The first-order valence-electron chi connectivity index (χ1n) is 5.95. The van der Waals surface area contributed by atoms with Crippen molar-refractivity contribution in [1.29, 1.82) is 0 Å². The van der Waals surface area contributed by atoms with Crippen molar-refractivity contribution in [2.24, 2.45) is 4.99 Å². The average Bonchev–Trinajstić information content (AvgIpc) is 2.82. The Morgan fingerprint density at radius 3 is 2.62 bits per heavy atom. The highest BCUT2D eigenvalue weighted by Gasteiger charge is 2.58. The van der Waals surface area contributed by atoms with Gasteiger partial charge in [-0.3, -0.25) is 14.6 Å². The number of carbonyl (C=O) groups excluding carboxylic acids is 2. The molecule has 0 aliphatic carbocycles. The smallest absolute Gasteiger partial charge is 0.387 e. The molecule has 21 heavy (non-hydrogen) atoms. The first-order chi connectivity index (χ1) is 9.79. The first-order valence-corrected chi connectivity index (χ1v) is 6.48. The van der Waals surface area contributed by atoms with Crippen LogP contribution in [0.1, 0.15) is 0 Å². The van der Waals surface area contributed by atoms with Gasteiger partial charge in [-0.15, -0.1) is 11.6 Å². The van der Waals surface area contributed by atoms with Crippen molar-refractivity contribution in [3.8, 4) is 0 Å². The van der Waals surface area contributed by atoms with Gasteiger partial charge in [0.25, 0.3) is 11.9 Å². The van der Waals surface area contributed by atoms with Gasteiger partial charge in [-0.2, -0.15) is 4.58 Å². The number of hydrogen-bond acceptors (Lipinski definition) is 6. The number of urea groups is 1. The quantitative estimate of drug-likeness (QED) is 0.295. The Kier molecular flexibility index (Phi) is 3.92. The number of likely N-dealkylation sites (N-methyl/N-ethyl adjacent to an activating group) is 2. The number of hydrogen-bond donors (Lipinski definition) is 1. The number of fused-ring (bicyclic) bond motifs is 1. The van der Waals surface area contributed by atoms with Crippen LogP contribution < -0.4 is 0 Å². The van der Waals surface area contributed by atoms with Gasteiger partial charge in [0.2, 0.25) is 0 Å². The van der Waals surface area contributed by atoms with Crippen molar-refractivity contribution in [3.05, 3.63) is 10.1 Å². The number of aliphatic hydroxyl groups excluding tert-OH is 1. The van der Waals surface area contributed by atoms with Crippen molar-refractivity contribution >= 4 is 35.3 Å². The Morgan fingerprint density at radius 2 is 2.10 bits per heavy atom. The van der Waals surface area contributed by atoms with Crippen LogP contribution >= 0.6 is 11.6 Å². The molecule has 0 radical (unpaired) electrons. The third-order valence-electron chi connectivity index (χ3n) is 3.26. The number of nitro groups is 1. The van der Waals surface area contributed by atoms with Crippen molar-refractivity contribution in [2.75, 3.05) is 26.5 Å². The van der Waals surface area contributed by atoms with E-state index in [1.165, 1.54) is 14.1 Å². The molecular formula is C10H13ClN5O5+. The molecule has 3 amide bonds. The van der Waals surface area contributed by atoms with Crippen LogP contribution in [0.15, 0.2) is 4.99 Å². The van der Waals surface area contributed by atoms with Gasteiger partial charge in [0.1, 0.15) is 12.6 Å². The molecule has 2 heterocycles. The van der Waals surface area contributed by atoms with Crippen molar-refractivity contribution in [1.82, 2.24) is 9.80 Å². The molecular weight excluding hydrogens is 306 g/mol. The largest absolute Gasteiger partial charge is 0.626 e. The molecule has 0 spiro atoms. The SMILES string of the molecule is CN1C(=O)C2C(=NC([N+](=O)[O-])=[N+]2CC(O)CCl)N(C)C1=O. The summed E-state index contributed by atoms with van der Waals surface area (Å²) in [6, 6.07) is -1.74. The van der Waals surface area contributed by atoms with E-state index in [1.807, 2.05) is 0 Å². The normalized spacial score (nSPS) is 23.4. The second-order valence-corrected chi connectivity index (χ2v) is 4.94. The molecule has 2 unspecified atom stereocenters. The molecule has 1 fully saturated rings. The lowest BCUT2D eigenvalue weighted by atomic mass is 10.1. The van der Waals surface area contributed by atoms with Crippen LogP contribution in [0.25, 0.3) is 0 Å². The lowest BCUT2D eigenvalue weighted by Gasteiger charge is -2.29. The molecule has 0 saturated carbocycles. The number of guanidine groups is 1. The zero-order valence-electron chi connectivity index (χ0n) is 11.3. The van der Waals surface area contributed by atoms with Crippen LogP contribution in [0.3, 0.4) is 0 Å². The molecule has 2 aliphatic heterocycles. The van der Waals surface area contributed by atoms with Gasteiger partial charge >= 0.3 is 17.8 Å². The van der Waals surface area contributed by atoms with Crippen molar-refractivity contribution in [2.45, 2.75) is 12.1 Å². The summed E-state index contributed by atoms with van der Waals surface area (Å²) in [5.41, 5.74) is 0. The molecule has 2 rings (SSSR count). The van der Waals surface area contributed by atoms with Crippen LogP contribution in [0.2, 0.25) is 0 Å². The number of carbonyl (C=O) groups is 2. The van der Waals surface area contributed by atoms with E-state index in [0.717, 1.165) is 14.4 Å². The van der Waals surface area contributed by atoms with Crippen LogP contribution in [0.4, 0.5) is 4.79 Å². The number of halogens is 1. The van der Waals surface area contributed by atoms with E-state index >= 15 is 0 Å². The molecule has 0 aromatic heterocycles. The number of aliphatic hydroxyl groups is 1. The van der Waals surface area contributed by atoms with E-state index in [-0.39, 0.29) is 18.3 Å². The summed E-state index contributed by atoms with van der Waals surface area (Å²) in [5.74, 6) is -1.42. The Hall–Kier alpha value is -2.07. The fourth-order valence-corrected chi connectivity index (χ4v) is 2.29. The van der Waals surface area contributed by atoms with Gasteiger partial charge in [0.05, 0.1) is 15.8 Å². The number of imide groups is 1. The fourth-order valence-electron chi connectivity index (χ4n) is 2.19. The fraction of sp³-hybridized carbons (Fsp3) is 0.600. The number of rotatable bonds is 3. The molecule has 0 bridgehead atoms. The summed E-state index contributed by atoms with van der Waals surface area (Å²) in [5, 5.41) is 20.7. The predicted octanol–water partition coefficient (Wildman–Crippen LogP) is -1.46. The summed E-state index contributed by atoms with van der Waals surface area (Å²) >= 11 is 5.50. The number of amides is 3. The molecule has 1 N–H and O–H groups in total. The summed E-state index contributed by atoms with van der Waals surface area (Å²) in [7, 11) is 2.65. The summed E-state index contributed by atoms with van der Waals surface area (Å²) in [6.45, 7) is -0.237. The second-order valence-electron chi connectivity index (χ2n) is 4.63. The molecule has 10 nitrogen and oxygen atoms in total. The number of aliphatic imine (C=N–C) groups is 1. The van der Waals surface area contributed by atoms with Gasteiger partial charge in [0.15, 0.2) is 0 Å². The van der Waals surface area contributed by atoms with Crippen LogP contribution in [-0.4, -0.2) is 86.8 Å². The molecule has 2 aliphatic rings. The van der Waals surface area contributed by atoms with Gasteiger partial charge in [-0.1, -0.05) is 0 Å². The molecule has 0 aromatic rings. The minimum atomic E-state index is -1.11. The summed E-state index contributed by atoms with van der Waals surface area (Å²) in [6.07, 6.45) is -1.07. The predicted molar refractivity (Wildman–Crippen MR) is 71.0 cm³/mol. The number of amidine groups is 1. The van der Waals surface area contributed by atoms with E-state index in [9.17, 15) is 24.8 Å². The van der Waals surface area contributed by atoms with E-state index in [2.05, 4.69) is 4.99 Å². The lowest BCUT2D eigenvalue weighted by molar-refractivity contribution is -0.585. The maximum absolute atomic E-state index is 12.2. The summed E-state index contributed by atoms with van der Waals surface area (Å²) < 4.78 is 1.05. The standard InChI is InChI=1S/C10H13ClN5O5/c1-13-7-6(8(18)14(2)10(13)19)15(4-5(17)3-11)9(12-7)16(20)21/h5-6,17H,3-4H2,1-2H3/q+1. The Bertz CT molecular complexity index is 588. The minimum Gasteiger partial charge on any atom is -0.387 e. The zero-order valence-corrected chi connectivity index (χ0v) is 12.0. The lowest BCUT2D eigenvalue weighted by Crippen LogP contribution is -2.62. The highest BCUT2D eigenvalue weighted by atomic mass is 35.5. The Morgan fingerprint density at radius 1 is 1.48 bits per heavy atom. The second kappa shape index (κ2) is 5.37. The Labute approximate surface area is 124 Å². The van der Waals surface area contributed by atoms with Gasteiger partial charge in [0, 0.05) is 14.1 Å². The maximum atomic E-state index is 12.2. The molecule has 1 saturated heterocycles. The van der Waals surface area contributed by atoms with Gasteiger partial charge in [-0.25, -0.2) is 4.79 Å². The van der Waals surface area contributed by atoms with E-state index in [1.54, 1.807) is 0 Å². The Balaban J connectivity index is 2.48. The third kappa shape index (κ3) is 2.36. The minimum absolute atomic E-state index is 0.0310. The molecule has 114 valence electrons. The molecule has 2 atom stereocenters. The highest BCUT2D eigenvalue weighted by molar-refractivity contribution is 6.22. The van der Waals surface area contributed by atoms with E-state index in [0.29, 0.717) is 0 Å². The average molecular weight is 319 g/mol. The number of nitrogens with zero attached hydrogens (tertiary/aromatic N) is 5. The van der Waals surface area contributed by atoms with Gasteiger partial charge < -0.3 is 15.2 Å². The first kappa shape index (κ1) is 15.3. The maximum Gasteiger partial charge on any atom is 0.626 e. The summed E-state index contributed by atoms with van der Waals surface area (Å²) in [4.78, 5) is 40.0.